The van der Waals surface area contributed by atoms with Gasteiger partial charge in [0.05, 0.1) is 25.0 Å². The van der Waals surface area contributed by atoms with E-state index in [1.807, 2.05) is 29.3 Å². The zero-order chi connectivity index (χ0) is 16.2. The van der Waals surface area contributed by atoms with Gasteiger partial charge in [-0.2, -0.15) is 0 Å². The summed E-state index contributed by atoms with van der Waals surface area (Å²) in [6.07, 6.45) is 0. The van der Waals surface area contributed by atoms with Crippen molar-refractivity contribution in [2.75, 3.05) is 25.2 Å². The van der Waals surface area contributed by atoms with Crippen molar-refractivity contribution in [1.29, 1.82) is 0 Å². The Kier molecular flexibility index (Phi) is 4.37. The fourth-order valence-electron chi connectivity index (χ4n) is 2.65. The lowest BCUT2D eigenvalue weighted by Gasteiger charge is -2.28. The van der Waals surface area contributed by atoms with Gasteiger partial charge in [-0.25, -0.2) is 0 Å². The average Bonchev–Trinajstić information content (AvgIpc) is 3.06. The molecule has 0 fully saturated rings. The summed E-state index contributed by atoms with van der Waals surface area (Å²) >= 11 is 0. The molecule has 23 heavy (non-hydrogen) atoms. The number of hydrogen-bond donors (Lipinski definition) is 2. The molecule has 5 heteroatoms. The molecule has 0 amide bonds. The van der Waals surface area contributed by atoms with E-state index in [-0.39, 0.29) is 0 Å². The lowest BCUT2D eigenvalue weighted by atomic mass is 10.1. The molecule has 0 atom stereocenters. The quantitative estimate of drug-likeness (QED) is 0.853. The molecule has 0 saturated heterocycles. The first-order chi connectivity index (χ1) is 11.2. The van der Waals surface area contributed by atoms with Gasteiger partial charge >= 0.3 is 0 Å². The minimum atomic E-state index is 0.785. The van der Waals surface area contributed by atoms with Crippen LogP contribution in [0.3, 0.4) is 0 Å². The number of guanidine groups is 1. The Bertz CT molecular complexity index is 727. The molecule has 5 nitrogen and oxygen atoms in total. The minimum absolute atomic E-state index is 0.785. The zero-order valence-electron chi connectivity index (χ0n) is 13.8. The summed E-state index contributed by atoms with van der Waals surface area (Å²) in [7, 11) is 1.68. The van der Waals surface area contributed by atoms with Gasteiger partial charge in [0, 0.05) is 12.6 Å². The Hall–Kier alpha value is -2.69. The van der Waals surface area contributed by atoms with Crippen molar-refractivity contribution in [3.05, 3.63) is 53.6 Å². The number of benzene rings is 2. The first-order valence-electron chi connectivity index (χ1n) is 7.74. The van der Waals surface area contributed by atoms with Crippen LogP contribution in [0.2, 0.25) is 0 Å². The van der Waals surface area contributed by atoms with Gasteiger partial charge in [-0.3, -0.25) is 15.4 Å². The summed E-state index contributed by atoms with van der Waals surface area (Å²) in [6.45, 7) is 5.87. The van der Waals surface area contributed by atoms with Crippen LogP contribution >= 0.6 is 0 Å². The number of ether oxygens (including phenoxy) is 1. The normalized spacial score (nSPS) is 13.3. The maximum absolute atomic E-state index is 5.36. The number of nitrogens with one attached hydrogen (secondary N) is 2. The van der Waals surface area contributed by atoms with Gasteiger partial charge in [0.15, 0.2) is 0 Å². The van der Waals surface area contributed by atoms with Gasteiger partial charge in [0.2, 0.25) is 5.96 Å². The third-order valence-electron chi connectivity index (χ3n) is 3.80. The molecule has 0 unspecified atom stereocenters. The van der Waals surface area contributed by atoms with Crippen LogP contribution in [0.5, 0.6) is 5.75 Å². The van der Waals surface area contributed by atoms with Crippen molar-refractivity contribution in [2.45, 2.75) is 13.8 Å². The SMILES string of the molecule is COc1cccc(N(NC2=NCCN2)c2ccc(C)cc2C)c1. The Balaban J connectivity index is 2.01. The van der Waals surface area contributed by atoms with Crippen LogP contribution in [-0.4, -0.2) is 26.2 Å². The minimum Gasteiger partial charge on any atom is -0.497 e. The second-order valence-electron chi connectivity index (χ2n) is 5.60. The molecule has 0 aliphatic carbocycles. The Morgan fingerprint density at radius 2 is 2.04 bits per heavy atom. The fourth-order valence-corrected chi connectivity index (χ4v) is 2.65. The number of methoxy groups -OCH3 is 1. The molecule has 3 rings (SSSR count). The molecule has 2 N–H and O–H groups in total. The van der Waals surface area contributed by atoms with E-state index < -0.39 is 0 Å². The maximum Gasteiger partial charge on any atom is 0.210 e. The summed E-state index contributed by atoms with van der Waals surface area (Å²) in [5, 5.41) is 5.29. The van der Waals surface area contributed by atoms with E-state index in [1.54, 1.807) is 7.11 Å². The molecule has 0 saturated carbocycles. The van der Waals surface area contributed by atoms with Crippen LogP contribution < -0.4 is 20.5 Å². The molecule has 0 spiro atoms. The van der Waals surface area contributed by atoms with Crippen molar-refractivity contribution in [3.8, 4) is 5.75 Å². The number of aryl methyl sites for hydroxylation is 2. The molecule has 0 bridgehead atoms. The third kappa shape index (κ3) is 3.39. The number of aliphatic imine (C=N–C) groups is 1. The predicted octanol–water partition coefficient (Wildman–Crippen LogP) is 2.91. The molecule has 0 radical (unpaired) electrons. The Labute approximate surface area is 137 Å². The van der Waals surface area contributed by atoms with Crippen molar-refractivity contribution in [1.82, 2.24) is 10.7 Å². The van der Waals surface area contributed by atoms with Gasteiger partial charge in [0.1, 0.15) is 5.75 Å². The van der Waals surface area contributed by atoms with Crippen LogP contribution in [0, 0.1) is 13.8 Å². The van der Waals surface area contributed by atoms with Crippen LogP contribution in [0.1, 0.15) is 11.1 Å². The summed E-state index contributed by atoms with van der Waals surface area (Å²) in [6, 6.07) is 14.4. The van der Waals surface area contributed by atoms with Crippen molar-refractivity contribution >= 4 is 17.3 Å². The highest BCUT2D eigenvalue weighted by Gasteiger charge is 2.16. The van der Waals surface area contributed by atoms with E-state index in [0.717, 1.165) is 36.2 Å². The van der Waals surface area contributed by atoms with E-state index in [9.17, 15) is 0 Å². The molecular formula is C18H22N4O. The topological polar surface area (TPSA) is 48.9 Å². The van der Waals surface area contributed by atoms with Gasteiger partial charge in [0.25, 0.3) is 0 Å². The van der Waals surface area contributed by atoms with Gasteiger partial charge in [-0.1, -0.05) is 23.8 Å². The standard InChI is InChI=1S/C18H22N4O/c1-13-7-8-17(14(2)11-13)22(21-18-19-9-10-20-18)15-5-4-6-16(12-15)23-3/h4-8,11-12H,9-10H2,1-3H3,(H2,19,20,21). The highest BCUT2D eigenvalue weighted by Crippen LogP contribution is 2.29. The largest absolute Gasteiger partial charge is 0.497 e. The number of nitrogens with zero attached hydrogens (tertiary/aromatic N) is 2. The number of anilines is 2. The number of hydrogen-bond acceptors (Lipinski definition) is 5. The lowest BCUT2D eigenvalue weighted by Crippen LogP contribution is -2.44. The molecule has 1 heterocycles. The van der Waals surface area contributed by atoms with Crippen molar-refractivity contribution < 1.29 is 4.74 Å². The average molecular weight is 310 g/mol. The van der Waals surface area contributed by atoms with Gasteiger partial charge in [-0.15, -0.1) is 0 Å². The number of rotatable bonds is 4. The molecular weight excluding hydrogens is 288 g/mol. The molecule has 1 aliphatic heterocycles. The summed E-state index contributed by atoms with van der Waals surface area (Å²) in [5.74, 6) is 1.60. The number of hydrazine groups is 1. The van der Waals surface area contributed by atoms with Crippen molar-refractivity contribution in [3.63, 3.8) is 0 Å². The van der Waals surface area contributed by atoms with Crippen LogP contribution in [0.25, 0.3) is 0 Å². The highest BCUT2D eigenvalue weighted by molar-refractivity contribution is 5.85. The first-order valence-corrected chi connectivity index (χ1v) is 7.74. The fraction of sp³-hybridized carbons (Fsp3) is 0.278. The monoisotopic (exact) mass is 310 g/mol. The van der Waals surface area contributed by atoms with Gasteiger partial charge in [-0.05, 0) is 37.6 Å². The summed E-state index contributed by atoms with van der Waals surface area (Å²) in [4.78, 5) is 4.44. The van der Waals surface area contributed by atoms with E-state index in [1.165, 1.54) is 11.1 Å². The Morgan fingerprint density at radius 1 is 1.17 bits per heavy atom. The highest BCUT2D eigenvalue weighted by atomic mass is 16.5. The second kappa shape index (κ2) is 6.60. The second-order valence-corrected chi connectivity index (χ2v) is 5.60. The van der Waals surface area contributed by atoms with E-state index in [0.29, 0.717) is 0 Å². The lowest BCUT2D eigenvalue weighted by molar-refractivity contribution is 0.415. The van der Waals surface area contributed by atoms with Crippen molar-refractivity contribution in [2.24, 2.45) is 4.99 Å². The van der Waals surface area contributed by atoms with E-state index in [2.05, 4.69) is 47.8 Å². The predicted molar refractivity (Wildman–Crippen MR) is 94.5 cm³/mol. The molecule has 2 aromatic rings. The van der Waals surface area contributed by atoms with Crippen LogP contribution in [-0.2, 0) is 0 Å². The maximum atomic E-state index is 5.36. The van der Waals surface area contributed by atoms with E-state index in [4.69, 9.17) is 4.74 Å². The Morgan fingerprint density at radius 3 is 2.74 bits per heavy atom. The summed E-state index contributed by atoms with van der Waals surface area (Å²) in [5.41, 5.74) is 7.89. The molecule has 0 aromatic heterocycles. The van der Waals surface area contributed by atoms with Crippen LogP contribution in [0.15, 0.2) is 47.5 Å². The smallest absolute Gasteiger partial charge is 0.210 e. The molecule has 1 aliphatic rings. The zero-order valence-corrected chi connectivity index (χ0v) is 13.8. The summed E-state index contributed by atoms with van der Waals surface area (Å²) < 4.78 is 5.36. The molecule has 2 aromatic carbocycles. The molecule has 120 valence electrons. The van der Waals surface area contributed by atoms with Gasteiger partial charge < -0.3 is 10.1 Å². The third-order valence-corrected chi connectivity index (χ3v) is 3.80. The first kappa shape index (κ1) is 15.2. The van der Waals surface area contributed by atoms with Crippen LogP contribution in [0.4, 0.5) is 11.4 Å². The van der Waals surface area contributed by atoms with E-state index >= 15 is 0 Å².